The van der Waals surface area contributed by atoms with E-state index < -0.39 is 0 Å². The number of rotatable bonds is 2. The lowest BCUT2D eigenvalue weighted by Crippen LogP contribution is -2.30. The van der Waals surface area contributed by atoms with Crippen molar-refractivity contribution in [1.29, 1.82) is 5.26 Å². The molecule has 4 heteroatoms. The molecule has 1 N–H and O–H groups in total. The highest BCUT2D eigenvalue weighted by Gasteiger charge is 2.28. The average molecular weight is 244 g/mol. The summed E-state index contributed by atoms with van der Waals surface area (Å²) < 4.78 is 0. The molecule has 17 heavy (non-hydrogen) atoms. The van der Waals surface area contributed by atoms with Crippen LogP contribution in [0.3, 0.4) is 0 Å². The molecule has 1 heterocycles. The zero-order valence-electron chi connectivity index (χ0n) is 9.43. The second kappa shape index (κ2) is 5.07. The summed E-state index contributed by atoms with van der Waals surface area (Å²) >= 11 is 1.41. The summed E-state index contributed by atoms with van der Waals surface area (Å²) in [6.07, 6.45) is 2.21. The molecule has 86 valence electrons. The van der Waals surface area contributed by atoms with Gasteiger partial charge in [0.1, 0.15) is 0 Å². The molecule has 0 spiro atoms. The van der Waals surface area contributed by atoms with Crippen molar-refractivity contribution in [2.45, 2.75) is 12.3 Å². The van der Waals surface area contributed by atoms with E-state index in [4.69, 9.17) is 0 Å². The van der Waals surface area contributed by atoms with Crippen LogP contribution in [0.15, 0.2) is 40.9 Å². The van der Waals surface area contributed by atoms with Gasteiger partial charge in [0, 0.05) is 12.3 Å². The Bertz CT molecular complexity index is 502. The molecule has 2 rings (SSSR count). The molecule has 0 saturated carbocycles. The minimum atomic E-state index is -0.114. The zero-order valence-corrected chi connectivity index (χ0v) is 10.3. The molecule has 0 bridgehead atoms. The number of carbonyl (C=O) groups excluding carboxylic acids is 1. The monoisotopic (exact) mass is 244 g/mol. The lowest BCUT2D eigenvalue weighted by atomic mass is 9.87. The third kappa shape index (κ3) is 2.34. The fourth-order valence-electron chi connectivity index (χ4n) is 1.95. The van der Waals surface area contributed by atoms with Crippen molar-refractivity contribution >= 4 is 17.7 Å². The van der Waals surface area contributed by atoms with Gasteiger partial charge >= 0.3 is 0 Å². The van der Waals surface area contributed by atoms with Crippen molar-refractivity contribution in [3.8, 4) is 6.07 Å². The first-order chi connectivity index (χ1) is 8.26. The van der Waals surface area contributed by atoms with Crippen LogP contribution in [0.5, 0.6) is 0 Å². The van der Waals surface area contributed by atoms with E-state index in [1.807, 2.05) is 36.6 Å². The van der Waals surface area contributed by atoms with Gasteiger partial charge in [0.15, 0.2) is 0 Å². The van der Waals surface area contributed by atoms with Gasteiger partial charge in [0.25, 0.3) is 0 Å². The summed E-state index contributed by atoms with van der Waals surface area (Å²) in [5, 5.41) is 12.7. The predicted molar refractivity (Wildman–Crippen MR) is 68.1 cm³/mol. The maximum Gasteiger partial charge on any atom is 0.225 e. The summed E-state index contributed by atoms with van der Waals surface area (Å²) in [4.78, 5) is 11.6. The average Bonchev–Trinajstić information content (AvgIpc) is 2.38. The van der Waals surface area contributed by atoms with E-state index in [0.717, 1.165) is 5.56 Å². The van der Waals surface area contributed by atoms with E-state index in [1.54, 1.807) is 0 Å². The Labute approximate surface area is 105 Å². The van der Waals surface area contributed by atoms with Gasteiger partial charge in [-0.3, -0.25) is 4.79 Å². The van der Waals surface area contributed by atoms with Gasteiger partial charge in [0.05, 0.1) is 16.7 Å². The Morgan fingerprint density at radius 3 is 2.71 bits per heavy atom. The molecule has 3 nitrogen and oxygen atoms in total. The van der Waals surface area contributed by atoms with E-state index in [2.05, 4.69) is 11.4 Å². The lowest BCUT2D eigenvalue weighted by molar-refractivity contribution is -0.120. The number of amides is 1. The predicted octanol–water partition coefficient (Wildman–Crippen LogP) is 2.39. The van der Waals surface area contributed by atoms with Crippen LogP contribution in [0.1, 0.15) is 17.9 Å². The van der Waals surface area contributed by atoms with Crippen molar-refractivity contribution in [3.63, 3.8) is 0 Å². The maximum absolute atomic E-state index is 11.6. The van der Waals surface area contributed by atoms with Crippen LogP contribution in [0, 0.1) is 11.3 Å². The van der Waals surface area contributed by atoms with Gasteiger partial charge in [-0.1, -0.05) is 30.3 Å². The van der Waals surface area contributed by atoms with Crippen LogP contribution in [0.25, 0.3) is 0 Å². The van der Waals surface area contributed by atoms with Gasteiger partial charge in [-0.25, -0.2) is 0 Å². The molecule has 1 aromatic carbocycles. The molecule has 0 radical (unpaired) electrons. The van der Waals surface area contributed by atoms with Crippen molar-refractivity contribution in [3.05, 3.63) is 46.5 Å². The highest BCUT2D eigenvalue weighted by atomic mass is 32.2. The smallest absolute Gasteiger partial charge is 0.225 e. The van der Waals surface area contributed by atoms with Crippen LogP contribution in [0.4, 0.5) is 0 Å². The molecule has 0 unspecified atom stereocenters. The van der Waals surface area contributed by atoms with Crippen molar-refractivity contribution < 1.29 is 4.79 Å². The number of nitriles is 1. The highest BCUT2D eigenvalue weighted by molar-refractivity contribution is 8.02. The number of hydrogen-bond donors (Lipinski definition) is 1. The lowest BCUT2D eigenvalue weighted by Gasteiger charge is -2.24. The summed E-state index contributed by atoms with van der Waals surface area (Å²) in [7, 11) is 0. The topological polar surface area (TPSA) is 52.9 Å². The fourth-order valence-corrected chi connectivity index (χ4v) is 2.57. The SMILES string of the molecule is CSC1=C(C#N)[C@@H](c2ccccc2)CC(=O)N1. The van der Waals surface area contributed by atoms with Gasteiger partial charge in [-0.05, 0) is 11.8 Å². The third-order valence-electron chi connectivity index (χ3n) is 2.76. The Hall–Kier alpha value is -1.73. The number of thioether (sulfide) groups is 1. The van der Waals surface area contributed by atoms with Gasteiger partial charge in [-0.15, -0.1) is 11.8 Å². The first-order valence-electron chi connectivity index (χ1n) is 5.29. The van der Waals surface area contributed by atoms with Crippen LogP contribution in [-0.2, 0) is 4.79 Å². The zero-order chi connectivity index (χ0) is 12.3. The molecule has 0 aromatic heterocycles. The second-order valence-electron chi connectivity index (χ2n) is 3.77. The van der Waals surface area contributed by atoms with Crippen LogP contribution in [0.2, 0.25) is 0 Å². The summed E-state index contributed by atoms with van der Waals surface area (Å²) in [6, 6.07) is 11.9. The molecule has 0 saturated heterocycles. The molecule has 1 aliphatic rings. The van der Waals surface area contributed by atoms with Crippen molar-refractivity contribution in [2.24, 2.45) is 0 Å². The van der Waals surface area contributed by atoms with Gasteiger partial charge in [-0.2, -0.15) is 5.26 Å². The number of carbonyl (C=O) groups is 1. The van der Waals surface area contributed by atoms with Crippen molar-refractivity contribution in [1.82, 2.24) is 5.32 Å². The number of allylic oxidation sites excluding steroid dienone is 1. The van der Waals surface area contributed by atoms with E-state index >= 15 is 0 Å². The molecule has 1 aromatic rings. The molecule has 1 atom stereocenters. The second-order valence-corrected chi connectivity index (χ2v) is 4.59. The van der Waals surface area contributed by atoms with Crippen LogP contribution < -0.4 is 5.32 Å². The molecular formula is C13H12N2OS. The number of hydrogen-bond acceptors (Lipinski definition) is 3. The molecule has 0 fully saturated rings. The van der Waals surface area contributed by atoms with Crippen LogP contribution in [-0.4, -0.2) is 12.2 Å². The van der Waals surface area contributed by atoms with E-state index in [9.17, 15) is 10.1 Å². The summed E-state index contributed by atoms with van der Waals surface area (Å²) in [5.41, 5.74) is 1.67. The normalized spacial score (nSPS) is 19.8. The van der Waals surface area contributed by atoms with Crippen molar-refractivity contribution in [2.75, 3.05) is 6.26 Å². The quantitative estimate of drug-likeness (QED) is 0.869. The number of nitrogens with zero attached hydrogens (tertiary/aromatic N) is 1. The third-order valence-corrected chi connectivity index (χ3v) is 3.49. The Morgan fingerprint density at radius 1 is 1.41 bits per heavy atom. The molecular weight excluding hydrogens is 232 g/mol. The Morgan fingerprint density at radius 2 is 2.12 bits per heavy atom. The number of nitrogens with one attached hydrogen (secondary N) is 1. The van der Waals surface area contributed by atoms with E-state index in [1.165, 1.54) is 11.8 Å². The summed E-state index contributed by atoms with van der Waals surface area (Å²) in [6.45, 7) is 0. The first-order valence-corrected chi connectivity index (χ1v) is 6.51. The Kier molecular flexibility index (Phi) is 3.50. The summed E-state index contributed by atoms with van der Waals surface area (Å²) in [5.74, 6) is -0.139. The van der Waals surface area contributed by atoms with Gasteiger partial charge < -0.3 is 5.32 Å². The Balaban J connectivity index is 2.46. The van der Waals surface area contributed by atoms with Crippen LogP contribution >= 0.6 is 11.8 Å². The molecule has 1 aliphatic heterocycles. The fraction of sp³-hybridized carbons (Fsp3) is 0.231. The highest BCUT2D eigenvalue weighted by Crippen LogP contribution is 2.34. The first kappa shape index (κ1) is 11.7. The van der Waals surface area contributed by atoms with E-state index in [-0.39, 0.29) is 11.8 Å². The minimum Gasteiger partial charge on any atom is -0.320 e. The largest absolute Gasteiger partial charge is 0.320 e. The van der Waals surface area contributed by atoms with Gasteiger partial charge in [0.2, 0.25) is 5.91 Å². The van der Waals surface area contributed by atoms with E-state index in [0.29, 0.717) is 17.0 Å². The molecule has 1 amide bonds. The number of benzene rings is 1. The molecule has 0 aliphatic carbocycles. The minimum absolute atomic E-state index is 0.0257. The maximum atomic E-state index is 11.6. The standard InChI is InChI=1S/C13H12N2OS/c1-17-13-11(8-14)10(7-12(16)15-13)9-5-3-2-4-6-9/h2-6,10H,7H2,1H3,(H,15,16)/t10-/m1/s1.